The summed E-state index contributed by atoms with van der Waals surface area (Å²) < 4.78 is 0. The number of unbranched alkanes of at least 4 members (excludes halogenated alkanes) is 12. The summed E-state index contributed by atoms with van der Waals surface area (Å²) in [4.78, 5) is 0. The topological polar surface area (TPSA) is 26.0 Å². The molecule has 1 nitrogen and oxygen atoms in total. The van der Waals surface area contributed by atoms with Gasteiger partial charge in [-0.25, -0.2) is 0 Å². The number of nitrogens with two attached hydrogens (primary N) is 1. The van der Waals surface area contributed by atoms with Gasteiger partial charge in [-0.1, -0.05) is 76.9 Å². The van der Waals surface area contributed by atoms with Crippen LogP contribution < -0.4 is 5.73 Å². The van der Waals surface area contributed by atoms with Crippen molar-refractivity contribution >= 4 is 0 Å². The first-order valence-electron chi connectivity index (χ1n) is 8.77. The Balaban J connectivity index is 2.99. The van der Waals surface area contributed by atoms with E-state index >= 15 is 0 Å². The van der Waals surface area contributed by atoms with Crippen LogP contribution in [0, 0.1) is 0 Å². The van der Waals surface area contributed by atoms with Gasteiger partial charge in [0, 0.05) is 0 Å². The second-order valence-corrected chi connectivity index (χ2v) is 5.73. The van der Waals surface area contributed by atoms with E-state index in [2.05, 4.69) is 19.1 Å². The Morgan fingerprint density at radius 1 is 0.579 bits per heavy atom. The summed E-state index contributed by atoms with van der Waals surface area (Å²) in [6.45, 7) is 3.14. The predicted octanol–water partition coefficient (Wildman–Crippen LogP) is 5.98. The lowest BCUT2D eigenvalue weighted by atomic mass is 10.1. The highest BCUT2D eigenvalue weighted by molar-refractivity contribution is 4.81. The van der Waals surface area contributed by atoms with Gasteiger partial charge in [0.05, 0.1) is 0 Å². The van der Waals surface area contributed by atoms with Gasteiger partial charge >= 0.3 is 0 Å². The van der Waals surface area contributed by atoms with Crippen LogP contribution in [0.3, 0.4) is 0 Å². The monoisotopic (exact) mass is 267 g/mol. The lowest BCUT2D eigenvalue weighted by Gasteiger charge is -2.00. The maximum atomic E-state index is 5.48. The Morgan fingerprint density at radius 2 is 1.00 bits per heavy atom. The van der Waals surface area contributed by atoms with Crippen molar-refractivity contribution in [2.45, 2.75) is 96.8 Å². The molecule has 2 N–H and O–H groups in total. The van der Waals surface area contributed by atoms with Crippen molar-refractivity contribution in [2.24, 2.45) is 5.73 Å². The molecule has 0 atom stereocenters. The zero-order valence-electron chi connectivity index (χ0n) is 13.3. The average molecular weight is 268 g/mol. The van der Waals surface area contributed by atoms with Gasteiger partial charge in [0.1, 0.15) is 0 Å². The number of rotatable bonds is 15. The van der Waals surface area contributed by atoms with Gasteiger partial charge in [0.25, 0.3) is 0 Å². The fourth-order valence-electron chi connectivity index (χ4n) is 2.39. The Bertz CT molecular complexity index is 175. The molecule has 0 aliphatic carbocycles. The third kappa shape index (κ3) is 17.7. The highest BCUT2D eigenvalue weighted by Gasteiger charge is 1.91. The van der Waals surface area contributed by atoms with E-state index in [-0.39, 0.29) is 0 Å². The van der Waals surface area contributed by atoms with Gasteiger partial charge in [-0.05, 0) is 38.6 Å². The summed E-state index contributed by atoms with van der Waals surface area (Å²) in [5.41, 5.74) is 5.48. The molecule has 0 amide bonds. The van der Waals surface area contributed by atoms with Crippen molar-refractivity contribution in [3.63, 3.8) is 0 Å². The Morgan fingerprint density at radius 3 is 1.47 bits per heavy atom. The molecule has 0 aliphatic rings. The minimum absolute atomic E-state index is 0.866. The molecule has 0 aromatic heterocycles. The van der Waals surface area contributed by atoms with Crippen LogP contribution in [0.15, 0.2) is 12.2 Å². The van der Waals surface area contributed by atoms with Gasteiger partial charge in [-0.2, -0.15) is 0 Å². The lowest BCUT2D eigenvalue weighted by Crippen LogP contribution is -1.97. The summed E-state index contributed by atoms with van der Waals surface area (Å²) in [6.07, 6.45) is 23.9. The Hall–Kier alpha value is -0.300. The molecule has 19 heavy (non-hydrogen) atoms. The lowest BCUT2D eigenvalue weighted by molar-refractivity contribution is 0.571. The molecule has 0 aromatic carbocycles. The largest absolute Gasteiger partial charge is 0.330 e. The number of hydrogen-bond acceptors (Lipinski definition) is 1. The van der Waals surface area contributed by atoms with Crippen LogP contribution in [-0.4, -0.2) is 6.54 Å². The molecular formula is C18H37N. The summed E-state index contributed by atoms with van der Waals surface area (Å²) in [5, 5.41) is 0. The van der Waals surface area contributed by atoms with E-state index < -0.39 is 0 Å². The van der Waals surface area contributed by atoms with Crippen molar-refractivity contribution in [1.82, 2.24) is 0 Å². The summed E-state index contributed by atoms with van der Waals surface area (Å²) in [5.74, 6) is 0. The van der Waals surface area contributed by atoms with Crippen LogP contribution >= 0.6 is 0 Å². The molecule has 1 heteroatoms. The van der Waals surface area contributed by atoms with Gasteiger partial charge in [-0.3, -0.25) is 0 Å². The molecule has 0 saturated carbocycles. The molecule has 0 fully saturated rings. The van der Waals surface area contributed by atoms with E-state index in [9.17, 15) is 0 Å². The van der Waals surface area contributed by atoms with Crippen LogP contribution in [0.2, 0.25) is 0 Å². The molecule has 0 spiro atoms. The number of allylic oxidation sites excluding steroid dienone is 2. The fourth-order valence-corrected chi connectivity index (χ4v) is 2.39. The Labute approximate surface area is 122 Å². The first kappa shape index (κ1) is 18.7. The van der Waals surface area contributed by atoms with Gasteiger partial charge < -0.3 is 5.73 Å². The second kappa shape index (κ2) is 17.7. The van der Waals surface area contributed by atoms with E-state index in [0.717, 1.165) is 6.54 Å². The zero-order chi connectivity index (χ0) is 14.0. The maximum absolute atomic E-state index is 5.48. The van der Waals surface area contributed by atoms with E-state index in [1.165, 1.54) is 89.9 Å². The highest BCUT2D eigenvalue weighted by Crippen LogP contribution is 2.10. The molecule has 114 valence electrons. The van der Waals surface area contributed by atoms with Gasteiger partial charge in [-0.15, -0.1) is 0 Å². The van der Waals surface area contributed by atoms with Gasteiger partial charge in [0.15, 0.2) is 0 Å². The molecule has 0 aliphatic heterocycles. The van der Waals surface area contributed by atoms with Crippen molar-refractivity contribution in [3.05, 3.63) is 12.2 Å². The van der Waals surface area contributed by atoms with Gasteiger partial charge in [0.2, 0.25) is 0 Å². The summed E-state index contributed by atoms with van der Waals surface area (Å²) >= 11 is 0. The smallest absolute Gasteiger partial charge is 0.00773 e. The number of hydrogen-bond donors (Lipinski definition) is 1. The quantitative estimate of drug-likeness (QED) is 0.286. The molecule has 0 heterocycles. The van der Waals surface area contributed by atoms with E-state index in [0.29, 0.717) is 0 Å². The van der Waals surface area contributed by atoms with E-state index in [4.69, 9.17) is 5.73 Å². The SMILES string of the molecule is CCCCCC/C=C/CCCCCCCCCCN. The highest BCUT2D eigenvalue weighted by atomic mass is 14.5. The second-order valence-electron chi connectivity index (χ2n) is 5.73. The van der Waals surface area contributed by atoms with Crippen LogP contribution in [0.5, 0.6) is 0 Å². The zero-order valence-corrected chi connectivity index (χ0v) is 13.3. The van der Waals surface area contributed by atoms with Crippen molar-refractivity contribution in [2.75, 3.05) is 6.54 Å². The molecule has 0 aromatic rings. The van der Waals surface area contributed by atoms with Crippen molar-refractivity contribution in [3.8, 4) is 0 Å². The first-order chi connectivity index (χ1) is 9.41. The molecule has 0 bridgehead atoms. The van der Waals surface area contributed by atoms with Crippen LogP contribution in [0.1, 0.15) is 96.8 Å². The normalized spacial score (nSPS) is 11.5. The minimum Gasteiger partial charge on any atom is -0.330 e. The summed E-state index contributed by atoms with van der Waals surface area (Å²) in [7, 11) is 0. The molecular weight excluding hydrogens is 230 g/mol. The molecule has 0 radical (unpaired) electrons. The standard InChI is InChI=1S/C18H37N/c1-2-3-4-5-6-7-8-9-10-11-12-13-14-15-16-17-18-19/h7-8H,2-6,9-19H2,1H3/b8-7+. The molecule has 0 rings (SSSR count). The maximum Gasteiger partial charge on any atom is -0.00773 e. The Kier molecular flexibility index (Phi) is 17.4. The third-order valence-electron chi connectivity index (χ3n) is 3.72. The summed E-state index contributed by atoms with van der Waals surface area (Å²) in [6, 6.07) is 0. The van der Waals surface area contributed by atoms with Crippen LogP contribution in [0.25, 0.3) is 0 Å². The van der Waals surface area contributed by atoms with Crippen molar-refractivity contribution < 1.29 is 0 Å². The predicted molar refractivity (Wildman–Crippen MR) is 88.5 cm³/mol. The third-order valence-corrected chi connectivity index (χ3v) is 3.72. The van der Waals surface area contributed by atoms with E-state index in [1.807, 2.05) is 0 Å². The van der Waals surface area contributed by atoms with E-state index in [1.54, 1.807) is 0 Å². The minimum atomic E-state index is 0.866. The molecule has 0 saturated heterocycles. The fraction of sp³-hybridized carbons (Fsp3) is 0.889. The van der Waals surface area contributed by atoms with Crippen LogP contribution in [0.4, 0.5) is 0 Å². The van der Waals surface area contributed by atoms with Crippen molar-refractivity contribution in [1.29, 1.82) is 0 Å². The first-order valence-corrected chi connectivity index (χ1v) is 8.77. The van der Waals surface area contributed by atoms with Crippen LogP contribution in [-0.2, 0) is 0 Å². The average Bonchev–Trinajstić information content (AvgIpc) is 2.43. The molecule has 0 unspecified atom stereocenters.